The molecule has 174 valence electrons. The lowest BCUT2D eigenvalue weighted by Gasteiger charge is -2.25. The van der Waals surface area contributed by atoms with Crippen molar-refractivity contribution in [3.8, 4) is 11.8 Å². The highest BCUT2D eigenvalue weighted by molar-refractivity contribution is 5.82. The maximum absolute atomic E-state index is 12.0. The Morgan fingerprint density at radius 2 is 1.55 bits per heavy atom. The Morgan fingerprint density at radius 3 is 1.97 bits per heavy atom. The summed E-state index contributed by atoms with van der Waals surface area (Å²) in [6, 6.07) is 7.24. The summed E-state index contributed by atoms with van der Waals surface area (Å²) in [4.78, 5) is 23.3. The van der Waals surface area contributed by atoms with E-state index in [-0.39, 0.29) is 37.1 Å². The number of benzene rings is 1. The van der Waals surface area contributed by atoms with Crippen LogP contribution >= 0.6 is 0 Å². The highest BCUT2D eigenvalue weighted by atomic mass is 16.5. The molecule has 0 aliphatic carbocycles. The zero-order valence-corrected chi connectivity index (χ0v) is 20.0. The van der Waals surface area contributed by atoms with Crippen molar-refractivity contribution in [3.05, 3.63) is 23.8 Å². The van der Waals surface area contributed by atoms with Gasteiger partial charge in [0, 0.05) is 12.1 Å². The number of nitriles is 1. The first-order chi connectivity index (χ1) is 14.2. The predicted molar refractivity (Wildman–Crippen MR) is 122 cm³/mol. The fourth-order valence-electron chi connectivity index (χ4n) is 2.10. The monoisotopic (exact) mass is 434 g/mol. The molecule has 31 heavy (non-hydrogen) atoms. The highest BCUT2D eigenvalue weighted by Crippen LogP contribution is 2.26. The summed E-state index contributed by atoms with van der Waals surface area (Å²) in [6.45, 7) is 14.7. The fourth-order valence-corrected chi connectivity index (χ4v) is 2.10. The fraction of sp³-hybridized carbons (Fsp3) is 0.609. The molecule has 8 nitrogen and oxygen atoms in total. The van der Waals surface area contributed by atoms with Crippen LogP contribution in [0.1, 0.15) is 61.0 Å². The lowest BCUT2D eigenvalue weighted by atomic mass is 9.93. The lowest BCUT2D eigenvalue weighted by molar-refractivity contribution is -0.132. The van der Waals surface area contributed by atoms with Crippen molar-refractivity contribution < 1.29 is 19.4 Å². The molecule has 0 saturated heterocycles. The summed E-state index contributed by atoms with van der Waals surface area (Å²) in [7, 11) is 0. The van der Waals surface area contributed by atoms with Crippen LogP contribution in [-0.2, 0) is 9.59 Å². The number of nitrogen functional groups attached to an aromatic ring is 1. The van der Waals surface area contributed by atoms with E-state index in [1.165, 1.54) is 0 Å². The molecule has 0 heterocycles. The van der Waals surface area contributed by atoms with Gasteiger partial charge in [-0.25, -0.2) is 0 Å². The Bertz CT molecular complexity index is 780. The van der Waals surface area contributed by atoms with E-state index in [1.807, 2.05) is 33.8 Å². The molecule has 0 saturated carbocycles. The molecule has 2 amide bonds. The largest absolute Gasteiger partial charge is 0.491 e. The molecule has 0 bridgehead atoms. The van der Waals surface area contributed by atoms with Gasteiger partial charge in [0.05, 0.1) is 23.1 Å². The summed E-state index contributed by atoms with van der Waals surface area (Å²) in [5.41, 5.74) is 5.03. The van der Waals surface area contributed by atoms with Gasteiger partial charge in [0.25, 0.3) is 0 Å². The Kier molecular flexibility index (Phi) is 11.1. The van der Waals surface area contributed by atoms with Crippen LogP contribution in [0.25, 0.3) is 0 Å². The van der Waals surface area contributed by atoms with Crippen LogP contribution in [0, 0.1) is 22.2 Å². The number of aliphatic hydroxyl groups is 1. The number of rotatable bonds is 8. The number of nitrogens with two attached hydrogens (primary N) is 1. The molecule has 1 aromatic carbocycles. The third-order valence-corrected chi connectivity index (χ3v) is 4.22. The molecule has 0 fully saturated rings. The van der Waals surface area contributed by atoms with E-state index in [4.69, 9.17) is 20.8 Å². The zero-order valence-electron chi connectivity index (χ0n) is 20.0. The molecule has 0 atom stereocenters. The van der Waals surface area contributed by atoms with Gasteiger partial charge in [-0.1, -0.05) is 6.07 Å². The number of nitrogens with zero attached hydrogens (tertiary/aromatic N) is 1. The number of carbonyl (C=O) groups excluding carboxylic acids is 2. The normalized spacial score (nSPS) is 11.3. The summed E-state index contributed by atoms with van der Waals surface area (Å²) < 4.78 is 5.61. The van der Waals surface area contributed by atoms with Crippen LogP contribution in [0.4, 0.5) is 5.69 Å². The first kappa shape index (κ1) is 28.2. The van der Waals surface area contributed by atoms with Gasteiger partial charge in [-0.05, 0) is 67.5 Å². The number of amides is 2. The molecule has 0 aromatic heterocycles. The van der Waals surface area contributed by atoms with Crippen molar-refractivity contribution in [2.24, 2.45) is 10.8 Å². The maximum atomic E-state index is 12.0. The quantitative estimate of drug-likeness (QED) is 0.464. The van der Waals surface area contributed by atoms with Crippen molar-refractivity contribution in [2.75, 3.05) is 18.9 Å². The molecular weight excluding hydrogens is 396 g/mol. The van der Waals surface area contributed by atoms with Gasteiger partial charge >= 0.3 is 0 Å². The topological polar surface area (TPSA) is 137 Å². The first-order valence-electron chi connectivity index (χ1n) is 10.3. The molecule has 0 aliphatic rings. The third-order valence-electron chi connectivity index (χ3n) is 4.22. The first-order valence-corrected chi connectivity index (χ1v) is 10.3. The van der Waals surface area contributed by atoms with Crippen LogP contribution in [-0.4, -0.2) is 42.2 Å². The Balaban J connectivity index is 0.000000695. The van der Waals surface area contributed by atoms with Gasteiger partial charge in [-0.2, -0.15) is 5.26 Å². The van der Waals surface area contributed by atoms with Gasteiger partial charge in [0.2, 0.25) is 11.8 Å². The molecule has 1 rings (SSSR count). The van der Waals surface area contributed by atoms with Crippen molar-refractivity contribution in [2.45, 2.75) is 67.5 Å². The average molecular weight is 435 g/mol. The number of hydrogen-bond acceptors (Lipinski definition) is 6. The van der Waals surface area contributed by atoms with E-state index in [1.54, 1.807) is 45.9 Å². The second-order valence-electron chi connectivity index (χ2n) is 9.30. The van der Waals surface area contributed by atoms with E-state index in [9.17, 15) is 9.59 Å². The summed E-state index contributed by atoms with van der Waals surface area (Å²) >= 11 is 0. The van der Waals surface area contributed by atoms with Crippen LogP contribution in [0.3, 0.4) is 0 Å². The molecular formula is C23H38N4O4. The van der Waals surface area contributed by atoms with Crippen LogP contribution < -0.4 is 21.1 Å². The predicted octanol–water partition coefficient (Wildman–Crippen LogP) is 2.60. The lowest BCUT2D eigenvalue weighted by Crippen LogP contribution is -2.43. The molecule has 1 aromatic rings. The third kappa shape index (κ3) is 9.71. The number of carbonyl (C=O) groups is 2. The number of hydrogen-bond donors (Lipinski definition) is 4. The molecule has 5 N–H and O–H groups in total. The molecule has 0 unspecified atom stereocenters. The van der Waals surface area contributed by atoms with Crippen molar-refractivity contribution in [1.29, 1.82) is 5.26 Å². The number of anilines is 1. The van der Waals surface area contributed by atoms with Gasteiger partial charge in [-0.15, -0.1) is 0 Å². The average Bonchev–Trinajstić information content (AvgIpc) is 2.65. The number of aliphatic hydroxyl groups excluding tert-OH is 1. The molecule has 0 radical (unpaired) electrons. The minimum atomic E-state index is -0.693. The summed E-state index contributed by atoms with van der Waals surface area (Å²) in [5.74, 6) is 0.211. The van der Waals surface area contributed by atoms with Crippen LogP contribution in [0.2, 0.25) is 0 Å². The highest BCUT2D eigenvalue weighted by Gasteiger charge is 2.29. The Morgan fingerprint density at radius 1 is 1.06 bits per heavy atom. The Hall–Kier alpha value is -2.79. The van der Waals surface area contributed by atoms with Crippen molar-refractivity contribution in [3.63, 3.8) is 0 Å². The minimum Gasteiger partial charge on any atom is -0.491 e. The van der Waals surface area contributed by atoms with Gasteiger partial charge in [0.15, 0.2) is 0 Å². The van der Waals surface area contributed by atoms with Crippen LogP contribution in [0.15, 0.2) is 18.2 Å². The maximum Gasteiger partial charge on any atom is 0.229 e. The van der Waals surface area contributed by atoms with Gasteiger partial charge in [0.1, 0.15) is 24.0 Å². The van der Waals surface area contributed by atoms with E-state index in [0.29, 0.717) is 17.0 Å². The van der Waals surface area contributed by atoms with Gasteiger partial charge in [-0.3, -0.25) is 9.59 Å². The summed E-state index contributed by atoms with van der Waals surface area (Å²) in [5, 5.41) is 23.5. The summed E-state index contributed by atoms with van der Waals surface area (Å²) in [6.07, 6.45) is 0. The standard InChI is InChI=1S/C15H21N3O2.C8H17NO2/c1-10(2)18-14(19)15(3,4)9-20-13-7-5-6-12(17)11(13)8-16;1-6(2)9-7(11)8(3,4)5-10/h5-7,10H,9,17H2,1-4H3,(H,18,19);6,10H,5H2,1-4H3,(H,9,11). The SMILES string of the molecule is CC(C)NC(=O)C(C)(C)CO.CC(C)NC(=O)C(C)(C)COc1cccc(N)c1C#N. The van der Waals surface area contributed by atoms with E-state index >= 15 is 0 Å². The smallest absolute Gasteiger partial charge is 0.229 e. The zero-order chi connectivity index (χ0) is 24.4. The molecule has 0 spiro atoms. The minimum absolute atomic E-state index is 0.0730. The second kappa shape index (κ2) is 12.2. The number of nitrogens with one attached hydrogen (secondary N) is 2. The van der Waals surface area contributed by atoms with Crippen LogP contribution in [0.5, 0.6) is 5.75 Å². The van der Waals surface area contributed by atoms with E-state index in [0.717, 1.165) is 0 Å². The van der Waals surface area contributed by atoms with Crippen molar-refractivity contribution >= 4 is 17.5 Å². The number of ether oxygens (including phenoxy) is 1. The van der Waals surface area contributed by atoms with Gasteiger partial charge < -0.3 is 26.2 Å². The second-order valence-corrected chi connectivity index (χ2v) is 9.30. The molecule has 8 heteroatoms. The Labute approximate surface area is 186 Å². The van der Waals surface area contributed by atoms with E-state index in [2.05, 4.69) is 10.6 Å². The molecule has 0 aliphatic heterocycles. The van der Waals surface area contributed by atoms with Crippen molar-refractivity contribution in [1.82, 2.24) is 10.6 Å². The van der Waals surface area contributed by atoms with E-state index < -0.39 is 10.8 Å².